The van der Waals surface area contributed by atoms with Gasteiger partial charge in [-0.25, -0.2) is 0 Å². The van der Waals surface area contributed by atoms with Crippen LogP contribution in [0.15, 0.2) is 126 Å². The van der Waals surface area contributed by atoms with Gasteiger partial charge >= 0.3 is 106 Å². The van der Waals surface area contributed by atoms with Gasteiger partial charge in [0.05, 0.1) is 22.4 Å². The summed E-state index contributed by atoms with van der Waals surface area (Å²) in [7, 11) is 0. The third kappa shape index (κ3) is 8.43. The fourth-order valence-electron chi connectivity index (χ4n) is 7.84. The quantitative estimate of drug-likeness (QED) is 0.118. The molecule has 4 aromatic heterocycles. The average Bonchev–Trinajstić information content (AvgIpc) is 3.80. The minimum Gasteiger partial charge on any atom is -0.500 e. The molecule has 0 N–H and O–H groups in total. The Labute approximate surface area is 371 Å². The fraction of sp³-hybridized carbons (Fsp3) is 0.226. The molecule has 0 aliphatic rings. The molecule has 7 heteroatoms. The van der Waals surface area contributed by atoms with Gasteiger partial charge in [-0.05, 0) is 65.3 Å². The standard InChI is InChI=1S/C38H34N3O.C15H18GeN.Ir/c1-22(2)29-19-27(26-12-8-7-9-13-26)20-30(23(3)4)36(29)41-33-15-11-10-14-32(33)40-38(41)28-17-16-24(5)35-31-21-39-25(6)18-34(31)42-37(28)35;1-12-5-7-13(8-6-12)15-10-9-14(11-17-15)16(2,3)4;/h7-16,18-23H,1-6H3;5-7,9-11H,1-4H3;/q2*-1;. The van der Waals surface area contributed by atoms with Gasteiger partial charge in [0.15, 0.2) is 0 Å². The molecule has 0 aliphatic carbocycles. The molecule has 0 amide bonds. The SMILES string of the molecule is Cc1c[c-]c(-c2cc[c]([Ge]([CH3])([CH3])[CH3])cn2)cc1.Cc1cc2oc3c(-c4nc5ccccc5n4-c4c(C(C)C)cc(-c5ccccc5)cc4C(C)C)[c-]cc(C)c3c2cn1.[Ir]. The zero-order valence-corrected chi connectivity index (χ0v) is 40.7. The minimum absolute atomic E-state index is 0. The van der Waals surface area contributed by atoms with Crippen LogP contribution in [0.5, 0.6) is 0 Å². The summed E-state index contributed by atoms with van der Waals surface area (Å²) in [5.74, 6) is 8.56. The Bertz CT molecular complexity index is 2910. The molecule has 9 rings (SSSR count). The summed E-state index contributed by atoms with van der Waals surface area (Å²) in [6.07, 6.45) is 3.97. The molecule has 305 valence electrons. The third-order valence-corrected chi connectivity index (χ3v) is 15.4. The zero-order valence-electron chi connectivity index (χ0n) is 36.2. The Kier molecular flexibility index (Phi) is 12.5. The van der Waals surface area contributed by atoms with E-state index in [1.165, 1.54) is 37.9 Å². The molecular formula is C53H52GeIrN4O-2. The Hall–Kier alpha value is -5.14. The Balaban J connectivity index is 0.000000255. The van der Waals surface area contributed by atoms with Gasteiger partial charge in [0.2, 0.25) is 0 Å². The first-order valence-corrected chi connectivity index (χ1v) is 28.0. The number of benzene rings is 5. The smallest absolute Gasteiger partial charge is 0.124 e. The molecular weight excluding hydrogens is 973 g/mol. The molecule has 0 aliphatic heterocycles. The van der Waals surface area contributed by atoms with E-state index in [4.69, 9.17) is 9.40 Å². The van der Waals surface area contributed by atoms with E-state index in [-0.39, 0.29) is 31.9 Å². The maximum Gasteiger partial charge on any atom is 0.124 e. The number of nitrogens with zero attached hydrogens (tertiary/aromatic N) is 4. The number of hydrogen-bond donors (Lipinski definition) is 0. The molecule has 0 fully saturated rings. The van der Waals surface area contributed by atoms with E-state index < -0.39 is 13.3 Å². The van der Waals surface area contributed by atoms with Crippen LogP contribution in [-0.2, 0) is 20.1 Å². The summed E-state index contributed by atoms with van der Waals surface area (Å²) >= 11 is -1.73. The number of fused-ring (bicyclic) bond motifs is 4. The van der Waals surface area contributed by atoms with Crippen LogP contribution in [0.1, 0.15) is 67.5 Å². The van der Waals surface area contributed by atoms with Crippen LogP contribution in [-0.4, -0.2) is 32.8 Å². The topological polar surface area (TPSA) is 56.7 Å². The van der Waals surface area contributed by atoms with Gasteiger partial charge in [-0.1, -0.05) is 88.0 Å². The number of furan rings is 1. The first-order chi connectivity index (χ1) is 28.3. The molecule has 0 unspecified atom stereocenters. The average molecular weight is 1030 g/mol. The molecule has 4 heterocycles. The number of aryl methyl sites for hydroxylation is 3. The first-order valence-electron chi connectivity index (χ1n) is 20.7. The summed E-state index contributed by atoms with van der Waals surface area (Å²) < 4.78 is 10.4. The molecule has 5 aromatic carbocycles. The molecule has 0 saturated carbocycles. The van der Waals surface area contributed by atoms with Crippen molar-refractivity contribution in [3.8, 4) is 39.5 Å². The molecule has 1 radical (unpaired) electrons. The molecule has 9 aromatic rings. The summed E-state index contributed by atoms with van der Waals surface area (Å²) in [4.78, 5) is 14.4. The van der Waals surface area contributed by atoms with Crippen molar-refractivity contribution in [2.24, 2.45) is 0 Å². The number of aromatic nitrogens is 4. The van der Waals surface area contributed by atoms with Crippen molar-refractivity contribution >= 4 is 50.6 Å². The Morgan fingerprint density at radius 1 is 0.700 bits per heavy atom. The van der Waals surface area contributed by atoms with Crippen LogP contribution in [0.2, 0.25) is 17.3 Å². The first kappa shape index (κ1) is 43.0. The molecule has 0 spiro atoms. The second kappa shape index (κ2) is 17.5. The van der Waals surface area contributed by atoms with Crippen LogP contribution in [0.3, 0.4) is 0 Å². The van der Waals surface area contributed by atoms with E-state index in [1.54, 1.807) is 0 Å². The molecule has 5 nitrogen and oxygen atoms in total. The van der Waals surface area contributed by atoms with Crippen molar-refractivity contribution in [1.29, 1.82) is 0 Å². The van der Waals surface area contributed by atoms with Gasteiger partial charge < -0.3 is 8.98 Å². The minimum atomic E-state index is -1.73. The van der Waals surface area contributed by atoms with Crippen molar-refractivity contribution in [2.45, 2.75) is 77.6 Å². The number of rotatable bonds is 7. The van der Waals surface area contributed by atoms with Gasteiger partial charge in [0, 0.05) is 49.1 Å². The van der Waals surface area contributed by atoms with Gasteiger partial charge in [0.1, 0.15) is 5.58 Å². The maximum atomic E-state index is 6.59. The number of hydrogen-bond acceptors (Lipinski definition) is 4. The zero-order chi connectivity index (χ0) is 41.6. The monoisotopic (exact) mass is 1030 g/mol. The largest absolute Gasteiger partial charge is 0.500 e. The predicted molar refractivity (Wildman–Crippen MR) is 250 cm³/mol. The van der Waals surface area contributed by atoms with Gasteiger partial charge in [-0.2, -0.15) is 0 Å². The van der Waals surface area contributed by atoms with Gasteiger partial charge in [-0.15, -0.1) is 17.7 Å². The van der Waals surface area contributed by atoms with E-state index in [2.05, 4.69) is 183 Å². The van der Waals surface area contributed by atoms with Crippen molar-refractivity contribution in [3.63, 3.8) is 0 Å². The summed E-state index contributed by atoms with van der Waals surface area (Å²) in [6.45, 7) is 15.3. The summed E-state index contributed by atoms with van der Waals surface area (Å²) in [6, 6.07) is 45.3. The van der Waals surface area contributed by atoms with E-state index in [0.717, 1.165) is 66.9 Å². The van der Waals surface area contributed by atoms with Gasteiger partial charge in [0.25, 0.3) is 0 Å². The second-order valence-corrected chi connectivity index (χ2v) is 28.0. The second-order valence-electron chi connectivity index (χ2n) is 17.4. The van der Waals surface area contributed by atoms with Gasteiger partial charge in [-0.3, -0.25) is 9.97 Å². The fourth-order valence-corrected chi connectivity index (χ4v) is 10.0. The van der Waals surface area contributed by atoms with Crippen LogP contribution in [0, 0.1) is 32.9 Å². The normalized spacial score (nSPS) is 11.7. The van der Waals surface area contributed by atoms with Crippen molar-refractivity contribution in [2.75, 3.05) is 0 Å². The van der Waals surface area contributed by atoms with Crippen LogP contribution < -0.4 is 4.40 Å². The van der Waals surface area contributed by atoms with E-state index in [0.29, 0.717) is 0 Å². The van der Waals surface area contributed by atoms with Crippen molar-refractivity contribution < 1.29 is 24.5 Å². The van der Waals surface area contributed by atoms with Crippen molar-refractivity contribution in [1.82, 2.24) is 19.5 Å². The maximum absolute atomic E-state index is 6.59. The Morgan fingerprint density at radius 2 is 1.40 bits per heavy atom. The summed E-state index contributed by atoms with van der Waals surface area (Å²) in [5.41, 5.74) is 16.1. The molecule has 0 bridgehead atoms. The van der Waals surface area contributed by atoms with Crippen molar-refractivity contribution in [3.05, 3.63) is 162 Å². The van der Waals surface area contributed by atoms with E-state index >= 15 is 0 Å². The number of pyridine rings is 2. The van der Waals surface area contributed by atoms with E-state index in [1.807, 2.05) is 31.5 Å². The molecule has 60 heavy (non-hydrogen) atoms. The third-order valence-electron chi connectivity index (χ3n) is 11.2. The van der Waals surface area contributed by atoms with Crippen LogP contribution >= 0.6 is 0 Å². The Morgan fingerprint density at radius 3 is 2.03 bits per heavy atom. The van der Waals surface area contributed by atoms with Crippen LogP contribution in [0.4, 0.5) is 0 Å². The predicted octanol–water partition coefficient (Wildman–Crippen LogP) is 13.7. The molecule has 0 saturated heterocycles. The summed E-state index contributed by atoms with van der Waals surface area (Å²) in [5, 5.41) is 2.08. The molecule has 0 atom stereocenters. The number of para-hydroxylation sites is 2. The number of imidazole rings is 1. The van der Waals surface area contributed by atoms with Crippen LogP contribution in [0.25, 0.3) is 72.4 Å². The van der Waals surface area contributed by atoms with E-state index in [9.17, 15) is 0 Å².